The number of aryl methyl sites for hydroxylation is 2. The number of fused-ring (bicyclic) bond motifs is 1. The average molecular weight is 416 g/mol. The maximum absolute atomic E-state index is 13.4. The summed E-state index contributed by atoms with van der Waals surface area (Å²) in [6, 6.07) is 16.6. The second-order valence-electron chi connectivity index (χ2n) is 7.27. The van der Waals surface area contributed by atoms with Gasteiger partial charge in [0.1, 0.15) is 0 Å². The second-order valence-corrected chi connectivity index (χ2v) is 8.28. The molecule has 0 N–H and O–H groups in total. The Hall–Kier alpha value is -3.38. The molecule has 1 amide bonds. The van der Waals surface area contributed by atoms with Crippen molar-refractivity contribution in [1.29, 1.82) is 0 Å². The fourth-order valence-electron chi connectivity index (χ4n) is 3.36. The molecule has 6 heteroatoms. The zero-order valence-corrected chi connectivity index (χ0v) is 17.9. The van der Waals surface area contributed by atoms with E-state index >= 15 is 0 Å². The van der Waals surface area contributed by atoms with Crippen LogP contribution in [0.15, 0.2) is 60.8 Å². The molecule has 0 saturated heterocycles. The number of aromatic nitrogens is 2. The van der Waals surface area contributed by atoms with Gasteiger partial charge in [0, 0.05) is 17.3 Å². The van der Waals surface area contributed by atoms with Crippen molar-refractivity contribution in [3.05, 3.63) is 88.7 Å². The molecule has 4 rings (SSSR count). The Bertz CT molecular complexity index is 1230. The summed E-state index contributed by atoms with van der Waals surface area (Å²) >= 11 is 1.50. The first kappa shape index (κ1) is 19.9. The lowest BCUT2D eigenvalue weighted by Crippen LogP contribution is -2.30. The third-order valence-electron chi connectivity index (χ3n) is 4.88. The van der Waals surface area contributed by atoms with Crippen LogP contribution in [0.1, 0.15) is 44.5 Å². The number of pyridine rings is 1. The van der Waals surface area contributed by atoms with Gasteiger partial charge in [0.05, 0.1) is 22.5 Å². The highest BCUT2D eigenvalue weighted by Gasteiger charge is 2.23. The van der Waals surface area contributed by atoms with Gasteiger partial charge in [-0.15, -0.1) is 0 Å². The maximum atomic E-state index is 13.4. The number of hydrogen-bond acceptors (Lipinski definition) is 5. The summed E-state index contributed by atoms with van der Waals surface area (Å²) in [4.78, 5) is 35.8. The molecule has 0 fully saturated rings. The van der Waals surface area contributed by atoms with Gasteiger partial charge in [-0.1, -0.05) is 35.6 Å². The van der Waals surface area contributed by atoms with E-state index in [9.17, 15) is 9.59 Å². The molecule has 0 aliphatic carbocycles. The highest BCUT2D eigenvalue weighted by atomic mass is 32.1. The third kappa shape index (κ3) is 4.00. The molecule has 2 heterocycles. The van der Waals surface area contributed by atoms with Crippen LogP contribution in [0.5, 0.6) is 0 Å². The first-order valence-electron chi connectivity index (χ1n) is 9.63. The number of Topliss-reactive ketones (excluding diaryl/α,β-unsaturated/α-hetero) is 1. The summed E-state index contributed by atoms with van der Waals surface area (Å²) in [5.41, 5.74) is 5.02. The number of carbonyl (C=O) groups is 2. The molecule has 2 aromatic carbocycles. The van der Waals surface area contributed by atoms with Crippen LogP contribution in [0.4, 0.5) is 5.13 Å². The van der Waals surface area contributed by atoms with Gasteiger partial charge < -0.3 is 0 Å². The molecule has 0 saturated carbocycles. The van der Waals surface area contributed by atoms with Gasteiger partial charge >= 0.3 is 0 Å². The highest BCUT2D eigenvalue weighted by molar-refractivity contribution is 7.22. The molecular weight excluding hydrogens is 394 g/mol. The molecule has 0 spiro atoms. The molecule has 5 nitrogen and oxygen atoms in total. The van der Waals surface area contributed by atoms with Crippen molar-refractivity contribution in [2.75, 3.05) is 4.90 Å². The maximum Gasteiger partial charge on any atom is 0.260 e. The largest absolute Gasteiger partial charge is 0.295 e. The molecule has 0 aliphatic heterocycles. The van der Waals surface area contributed by atoms with Crippen LogP contribution >= 0.6 is 11.3 Å². The smallest absolute Gasteiger partial charge is 0.260 e. The fraction of sp³-hybridized carbons (Fsp3) is 0.167. The Morgan fingerprint density at radius 2 is 1.73 bits per heavy atom. The summed E-state index contributed by atoms with van der Waals surface area (Å²) in [7, 11) is 0. The second kappa shape index (κ2) is 8.16. The van der Waals surface area contributed by atoms with Crippen LogP contribution in [0.3, 0.4) is 0 Å². The number of benzene rings is 2. The lowest BCUT2D eigenvalue weighted by molar-refractivity contribution is 0.0980. The standard InChI is InChI=1S/C24H21N3O2S/c1-15-12-16(2)22-21(13-15)30-24(26-22)27(14-20-6-4-5-11-25-20)23(29)19-9-7-18(8-10-19)17(3)28/h4-13H,14H2,1-3H3. The van der Waals surface area contributed by atoms with Crippen molar-refractivity contribution in [2.45, 2.75) is 27.3 Å². The topological polar surface area (TPSA) is 63.2 Å². The number of nitrogens with zero attached hydrogens (tertiary/aromatic N) is 3. The lowest BCUT2D eigenvalue weighted by atomic mass is 10.1. The van der Waals surface area contributed by atoms with Crippen molar-refractivity contribution in [3.63, 3.8) is 0 Å². The highest BCUT2D eigenvalue weighted by Crippen LogP contribution is 2.33. The Morgan fingerprint density at radius 3 is 2.40 bits per heavy atom. The zero-order valence-electron chi connectivity index (χ0n) is 17.0. The fourth-order valence-corrected chi connectivity index (χ4v) is 4.50. The predicted octanol–water partition coefficient (Wildman–Crippen LogP) is 5.36. The SMILES string of the molecule is CC(=O)c1ccc(C(=O)N(Cc2ccccn2)c2nc3c(C)cc(C)cc3s2)cc1. The first-order chi connectivity index (χ1) is 14.4. The number of anilines is 1. The third-order valence-corrected chi connectivity index (χ3v) is 5.90. The van der Waals surface area contributed by atoms with Crippen molar-refractivity contribution < 1.29 is 9.59 Å². The summed E-state index contributed by atoms with van der Waals surface area (Å²) in [5, 5.41) is 0.630. The summed E-state index contributed by atoms with van der Waals surface area (Å²) < 4.78 is 1.05. The molecule has 150 valence electrons. The monoisotopic (exact) mass is 415 g/mol. The molecule has 2 aromatic heterocycles. The number of carbonyl (C=O) groups excluding carboxylic acids is 2. The van der Waals surface area contributed by atoms with Crippen LogP contribution in [0.2, 0.25) is 0 Å². The van der Waals surface area contributed by atoms with Crippen molar-refractivity contribution in [3.8, 4) is 0 Å². The number of amides is 1. The van der Waals surface area contributed by atoms with Crippen molar-refractivity contribution >= 4 is 38.4 Å². The van der Waals surface area contributed by atoms with E-state index in [1.54, 1.807) is 35.4 Å². The van der Waals surface area contributed by atoms with E-state index < -0.39 is 0 Å². The van der Waals surface area contributed by atoms with E-state index in [-0.39, 0.29) is 11.7 Å². The van der Waals surface area contributed by atoms with Gasteiger partial charge in [-0.2, -0.15) is 0 Å². The summed E-state index contributed by atoms with van der Waals surface area (Å²) in [5.74, 6) is -0.208. The van der Waals surface area contributed by atoms with Crippen LogP contribution in [-0.4, -0.2) is 21.7 Å². The Balaban J connectivity index is 1.77. The Kier molecular flexibility index (Phi) is 5.42. The lowest BCUT2D eigenvalue weighted by Gasteiger charge is -2.19. The average Bonchev–Trinajstić information content (AvgIpc) is 3.16. The van der Waals surface area contributed by atoms with Crippen LogP contribution in [-0.2, 0) is 6.54 Å². The van der Waals surface area contributed by atoms with Gasteiger partial charge in [-0.25, -0.2) is 4.98 Å². The van der Waals surface area contributed by atoms with Gasteiger partial charge in [0.25, 0.3) is 5.91 Å². The molecule has 0 radical (unpaired) electrons. The Morgan fingerprint density at radius 1 is 1.00 bits per heavy atom. The first-order valence-corrected chi connectivity index (χ1v) is 10.4. The molecule has 0 bridgehead atoms. The molecule has 0 aliphatic rings. The van der Waals surface area contributed by atoms with E-state index in [2.05, 4.69) is 24.0 Å². The van der Waals surface area contributed by atoms with E-state index in [0.29, 0.717) is 22.8 Å². The summed E-state index contributed by atoms with van der Waals surface area (Å²) in [6.45, 7) is 5.91. The number of ketones is 1. The van der Waals surface area contributed by atoms with E-state index in [4.69, 9.17) is 4.98 Å². The van der Waals surface area contributed by atoms with Crippen molar-refractivity contribution in [2.24, 2.45) is 0 Å². The van der Waals surface area contributed by atoms with Crippen LogP contribution < -0.4 is 4.90 Å². The minimum Gasteiger partial charge on any atom is -0.295 e. The van der Waals surface area contributed by atoms with Crippen molar-refractivity contribution in [1.82, 2.24) is 9.97 Å². The van der Waals surface area contributed by atoms with E-state index in [1.165, 1.54) is 18.3 Å². The normalized spacial score (nSPS) is 10.9. The number of hydrogen-bond donors (Lipinski definition) is 0. The van der Waals surface area contributed by atoms with Gasteiger partial charge in [0.15, 0.2) is 10.9 Å². The molecule has 0 atom stereocenters. The Labute approximate surface area is 179 Å². The van der Waals surface area contributed by atoms with Gasteiger partial charge in [-0.3, -0.25) is 19.5 Å². The van der Waals surface area contributed by atoms with Crippen LogP contribution in [0.25, 0.3) is 10.2 Å². The number of thiazole rings is 1. The quantitative estimate of drug-likeness (QED) is 0.412. The van der Waals surface area contributed by atoms with Gasteiger partial charge in [0.2, 0.25) is 0 Å². The zero-order chi connectivity index (χ0) is 21.3. The van der Waals surface area contributed by atoms with E-state index in [1.807, 2.05) is 25.1 Å². The van der Waals surface area contributed by atoms with Crippen LogP contribution in [0, 0.1) is 13.8 Å². The molecular formula is C24H21N3O2S. The van der Waals surface area contributed by atoms with Gasteiger partial charge in [-0.05, 0) is 62.2 Å². The predicted molar refractivity (Wildman–Crippen MR) is 120 cm³/mol. The minimum atomic E-state index is -0.177. The number of rotatable bonds is 5. The minimum absolute atomic E-state index is 0.0311. The summed E-state index contributed by atoms with van der Waals surface area (Å²) in [6.07, 6.45) is 1.71. The van der Waals surface area contributed by atoms with E-state index in [0.717, 1.165) is 27.0 Å². The molecule has 30 heavy (non-hydrogen) atoms. The molecule has 0 unspecified atom stereocenters. The molecule has 4 aromatic rings.